The van der Waals surface area contributed by atoms with Crippen LogP contribution in [-0.2, 0) is 0 Å². The van der Waals surface area contributed by atoms with Crippen LogP contribution in [0.2, 0.25) is 0 Å². The second-order valence-electron chi connectivity index (χ2n) is 2.31. The Kier molecular flexibility index (Phi) is 22.8. The van der Waals surface area contributed by atoms with Gasteiger partial charge >= 0.3 is 23.1 Å². The van der Waals surface area contributed by atoms with Gasteiger partial charge in [-0.2, -0.15) is 20.3 Å². The van der Waals surface area contributed by atoms with E-state index in [2.05, 4.69) is 20.8 Å². The average molecular weight is 250 g/mol. The van der Waals surface area contributed by atoms with E-state index in [0.29, 0.717) is 0 Å². The summed E-state index contributed by atoms with van der Waals surface area (Å²) in [5.74, 6) is 1.56. The first kappa shape index (κ1) is 16.8. The molecule has 2 heteroatoms. The van der Waals surface area contributed by atoms with Crippen molar-refractivity contribution in [3.63, 3.8) is 0 Å². The molecular weight excluding hydrogens is 235 g/mol. The second kappa shape index (κ2) is 12.2. The van der Waals surface area contributed by atoms with Crippen molar-refractivity contribution in [1.82, 2.24) is 0 Å². The van der Waals surface area contributed by atoms with Gasteiger partial charge in [0.25, 0.3) is 0 Å². The van der Waals surface area contributed by atoms with E-state index in [1.165, 1.54) is 19.3 Å². The normalized spacial score (nSPS) is 8.00. The fourth-order valence-corrected chi connectivity index (χ4v) is 0.530. The van der Waals surface area contributed by atoms with Crippen molar-refractivity contribution in [2.75, 3.05) is 0 Å². The molecule has 0 nitrogen and oxygen atoms in total. The molecule has 0 aromatic heterocycles. The Morgan fingerprint density at radius 3 is 1.78 bits per heavy atom. The molecule has 0 unspecified atom stereocenters. The van der Waals surface area contributed by atoms with Gasteiger partial charge in [0.15, 0.2) is 0 Å². The maximum Gasteiger partial charge on any atom is 2.00 e. The summed E-state index contributed by atoms with van der Waals surface area (Å²) in [6.07, 6.45) is 4.00. The minimum absolute atomic E-state index is 0. The summed E-state index contributed by atoms with van der Waals surface area (Å²) in [7, 11) is 0. The third-order valence-electron chi connectivity index (χ3n) is 1.03. The summed E-state index contributed by atoms with van der Waals surface area (Å²) in [4.78, 5) is 0. The van der Waals surface area contributed by atoms with Crippen molar-refractivity contribution in [2.24, 2.45) is 0 Å². The quantitative estimate of drug-likeness (QED) is 0.357. The first-order valence-electron chi connectivity index (χ1n) is 3.06. The molecule has 0 aliphatic rings. The van der Waals surface area contributed by atoms with Crippen molar-refractivity contribution < 1.29 is 24.0 Å². The van der Waals surface area contributed by atoms with Gasteiger partial charge in [-0.3, -0.25) is 0 Å². The molecule has 0 aromatic carbocycles. The molecule has 52 valence electrons. The number of rotatable bonds is 3. The first-order valence-corrected chi connectivity index (χ1v) is 3.06. The molecule has 0 aromatic rings. The summed E-state index contributed by atoms with van der Waals surface area (Å²) < 4.78 is 0. The van der Waals surface area contributed by atoms with E-state index in [1.807, 2.05) is 0 Å². The van der Waals surface area contributed by atoms with Crippen LogP contribution >= 0.6 is 0 Å². The molecule has 0 bridgehead atoms. The molecule has 0 fully saturated rings. The summed E-state index contributed by atoms with van der Waals surface area (Å²) in [6.45, 7) is 6.61. The van der Waals surface area contributed by atoms with E-state index in [-0.39, 0.29) is 47.0 Å². The van der Waals surface area contributed by atoms with E-state index in [1.54, 1.807) is 5.92 Å². The van der Waals surface area contributed by atoms with Crippen LogP contribution in [-0.4, -0.2) is 23.1 Å². The Hall–Kier alpha value is 1.50. The minimum atomic E-state index is 0. The standard InChI is InChI=1S/C7H15.HI.Mg/c1-4-5-6-7(2)3;;/h4-6H2,1-3H3;1H;/q-1;;+2/p-1. The molecular formula is C7H15IMg. The van der Waals surface area contributed by atoms with Crippen LogP contribution in [0.3, 0.4) is 0 Å². The fourth-order valence-electron chi connectivity index (χ4n) is 0.530. The molecule has 9 heavy (non-hydrogen) atoms. The van der Waals surface area contributed by atoms with Gasteiger partial charge in [0.1, 0.15) is 0 Å². The first-order chi connectivity index (χ1) is 3.27. The van der Waals surface area contributed by atoms with Gasteiger partial charge in [-0.05, 0) is 0 Å². The second-order valence-corrected chi connectivity index (χ2v) is 2.31. The number of hydrogen-bond donors (Lipinski definition) is 0. The number of unbranched alkanes of at least 4 members (excludes halogenated alkanes) is 1. The van der Waals surface area contributed by atoms with E-state index in [4.69, 9.17) is 0 Å². The molecule has 0 N–H and O–H groups in total. The maximum absolute atomic E-state index is 2.23. The van der Waals surface area contributed by atoms with E-state index in [0.717, 1.165) is 0 Å². The Labute approximate surface area is 92.3 Å². The van der Waals surface area contributed by atoms with Crippen molar-refractivity contribution in [1.29, 1.82) is 0 Å². The molecule has 0 aliphatic carbocycles. The number of halogens is 1. The van der Waals surface area contributed by atoms with Crippen LogP contribution in [0.4, 0.5) is 0 Å². The zero-order chi connectivity index (χ0) is 5.70. The fraction of sp³-hybridized carbons (Fsp3) is 0.857. The predicted molar refractivity (Wildman–Crippen MR) is 39.9 cm³/mol. The van der Waals surface area contributed by atoms with Gasteiger partial charge in [-0.25, -0.2) is 0 Å². The molecule has 0 heterocycles. The van der Waals surface area contributed by atoms with Crippen LogP contribution in [0, 0.1) is 5.92 Å². The molecule has 0 radical (unpaired) electrons. The van der Waals surface area contributed by atoms with Crippen LogP contribution in [0.25, 0.3) is 0 Å². The summed E-state index contributed by atoms with van der Waals surface area (Å²) in [5.41, 5.74) is 0. The maximum atomic E-state index is 2.23. The molecule has 0 aliphatic heterocycles. The van der Waals surface area contributed by atoms with Crippen molar-refractivity contribution in [3.05, 3.63) is 5.92 Å². The SMILES string of the molecule is CCCC[C-](C)C.[I-].[Mg+2]. The predicted octanol–water partition coefficient (Wildman–Crippen LogP) is -0.586. The Bertz CT molecular complexity index is 37.9. The van der Waals surface area contributed by atoms with Gasteiger partial charge in [-0.15, -0.1) is 0 Å². The van der Waals surface area contributed by atoms with Crippen LogP contribution in [0.1, 0.15) is 40.0 Å². The Morgan fingerprint density at radius 2 is 1.67 bits per heavy atom. The van der Waals surface area contributed by atoms with Crippen molar-refractivity contribution in [2.45, 2.75) is 40.0 Å². The van der Waals surface area contributed by atoms with Crippen LogP contribution < -0.4 is 24.0 Å². The molecule has 0 rings (SSSR count). The molecule has 0 amide bonds. The topological polar surface area (TPSA) is 0 Å². The smallest absolute Gasteiger partial charge is 1.00 e. The third-order valence-corrected chi connectivity index (χ3v) is 1.03. The van der Waals surface area contributed by atoms with Gasteiger partial charge < -0.3 is 29.9 Å². The molecule has 0 spiro atoms. The van der Waals surface area contributed by atoms with E-state index in [9.17, 15) is 0 Å². The Morgan fingerprint density at radius 1 is 1.22 bits per heavy atom. The van der Waals surface area contributed by atoms with Gasteiger partial charge in [0.05, 0.1) is 0 Å². The third kappa shape index (κ3) is 17.7. The molecule has 0 atom stereocenters. The minimum Gasteiger partial charge on any atom is -1.00 e. The largest absolute Gasteiger partial charge is 2.00 e. The zero-order valence-electron chi connectivity index (χ0n) is 6.71. The van der Waals surface area contributed by atoms with Gasteiger partial charge in [-0.1, -0.05) is 19.8 Å². The monoisotopic (exact) mass is 250 g/mol. The summed E-state index contributed by atoms with van der Waals surface area (Å²) >= 11 is 0. The average Bonchev–Trinajstić information content (AvgIpc) is 1.61. The van der Waals surface area contributed by atoms with Crippen molar-refractivity contribution in [3.8, 4) is 0 Å². The zero-order valence-corrected chi connectivity index (χ0v) is 10.3. The van der Waals surface area contributed by atoms with E-state index < -0.39 is 0 Å². The molecule has 0 saturated carbocycles. The number of hydrogen-bond acceptors (Lipinski definition) is 0. The van der Waals surface area contributed by atoms with Crippen molar-refractivity contribution >= 4 is 23.1 Å². The molecule has 0 saturated heterocycles. The van der Waals surface area contributed by atoms with Gasteiger partial charge in [0.2, 0.25) is 0 Å². The van der Waals surface area contributed by atoms with E-state index >= 15 is 0 Å². The Balaban J connectivity index is -0.000000180. The van der Waals surface area contributed by atoms with Crippen LogP contribution in [0.5, 0.6) is 0 Å². The summed E-state index contributed by atoms with van der Waals surface area (Å²) in [6, 6.07) is 0. The van der Waals surface area contributed by atoms with Gasteiger partial charge in [0, 0.05) is 0 Å². The van der Waals surface area contributed by atoms with Crippen LogP contribution in [0.15, 0.2) is 0 Å². The summed E-state index contributed by atoms with van der Waals surface area (Å²) in [5, 5.41) is 0.